The number of hydrogen-bond acceptors (Lipinski definition) is 15. The molecule has 0 aromatic rings. The van der Waals surface area contributed by atoms with Gasteiger partial charge in [0.1, 0.15) is 42.3 Å². The largest absolute Gasteiger partial charge is 0.480 e. The molecule has 25 heteroatoms. The highest BCUT2D eigenvalue weighted by Crippen LogP contribution is 2.20. The summed E-state index contributed by atoms with van der Waals surface area (Å²) in [6.45, 7) is 4.64. The second kappa shape index (κ2) is 28.8. The molecule has 1 rings (SSSR count). The normalized spacial score (nSPS) is 17.1. The summed E-state index contributed by atoms with van der Waals surface area (Å²) in [4.78, 5) is 110. The molecule has 0 unspecified atom stereocenters. The lowest BCUT2D eigenvalue weighted by atomic mass is 10.0. The van der Waals surface area contributed by atoms with Gasteiger partial charge in [-0.3, -0.25) is 38.6 Å². The van der Waals surface area contributed by atoms with Crippen LogP contribution in [0.4, 0.5) is 0 Å². The molecule has 1 aliphatic heterocycles. The molecule has 1 heterocycles. The van der Waals surface area contributed by atoms with Crippen LogP contribution in [0.25, 0.3) is 0 Å². The summed E-state index contributed by atoms with van der Waals surface area (Å²) >= 11 is 16.7. The molecule has 60 heavy (non-hydrogen) atoms. The number of nitrogens with one attached hydrogen (secondary N) is 6. The Morgan fingerprint density at radius 1 is 0.683 bits per heavy atom. The van der Waals surface area contributed by atoms with E-state index in [9.17, 15) is 43.5 Å². The van der Waals surface area contributed by atoms with Crippen molar-refractivity contribution >= 4 is 104 Å². The van der Waals surface area contributed by atoms with Gasteiger partial charge < -0.3 is 64.8 Å². The van der Waals surface area contributed by atoms with Crippen molar-refractivity contribution in [3.05, 3.63) is 0 Å². The maximum Gasteiger partial charge on any atom is 0.326 e. The number of carboxylic acid groups (broad SMARTS) is 1. The number of carbonyl (C=O) groups is 8. The van der Waals surface area contributed by atoms with E-state index in [1.54, 1.807) is 0 Å². The summed E-state index contributed by atoms with van der Waals surface area (Å²) < 4.78 is 0. The van der Waals surface area contributed by atoms with Crippen molar-refractivity contribution in [2.24, 2.45) is 33.8 Å². The van der Waals surface area contributed by atoms with E-state index in [1.807, 2.05) is 13.8 Å². The number of aliphatic carboxylic acids is 1. The second-order valence-corrected chi connectivity index (χ2v) is 16.1. The number of rotatable bonds is 28. The molecule has 1 fully saturated rings. The predicted molar refractivity (Wildman–Crippen MR) is 240 cm³/mol. The van der Waals surface area contributed by atoms with Crippen LogP contribution in [0.5, 0.6) is 0 Å². The quantitative estimate of drug-likeness (QED) is 0.0155. The van der Waals surface area contributed by atoms with Crippen LogP contribution in [0.15, 0.2) is 4.99 Å². The molecule has 0 saturated carbocycles. The lowest BCUT2D eigenvalue weighted by molar-refractivity contribution is -0.142. The third-order valence-electron chi connectivity index (χ3n) is 9.28. The first-order chi connectivity index (χ1) is 28.3. The van der Waals surface area contributed by atoms with Gasteiger partial charge in [0.05, 0.1) is 6.04 Å². The number of nitrogens with two attached hydrogens (primary N) is 4. The van der Waals surface area contributed by atoms with Crippen molar-refractivity contribution in [1.82, 2.24) is 36.8 Å². The van der Waals surface area contributed by atoms with E-state index in [-0.39, 0.29) is 66.6 Å². The number of thiol groups is 4. The molecular weight excluding hydrogens is 861 g/mol. The number of unbranched alkanes of at least 4 members (excludes halogenated alkanes) is 1. The summed E-state index contributed by atoms with van der Waals surface area (Å²) in [6.07, 6.45) is 2.66. The van der Waals surface area contributed by atoms with E-state index in [4.69, 9.17) is 22.9 Å². The highest BCUT2D eigenvalue weighted by Gasteiger charge is 2.38. The molecule has 7 amide bonds. The molecule has 1 saturated heterocycles. The van der Waals surface area contributed by atoms with E-state index in [0.717, 1.165) is 0 Å². The Morgan fingerprint density at radius 2 is 1.12 bits per heavy atom. The number of aliphatic imine (C=N–C) groups is 1. The zero-order valence-electron chi connectivity index (χ0n) is 34.0. The van der Waals surface area contributed by atoms with E-state index in [0.29, 0.717) is 45.2 Å². The van der Waals surface area contributed by atoms with Crippen LogP contribution in [0, 0.1) is 5.92 Å². The van der Waals surface area contributed by atoms with E-state index in [2.05, 4.69) is 87.4 Å². The molecule has 0 aromatic carbocycles. The summed E-state index contributed by atoms with van der Waals surface area (Å²) in [5.41, 5.74) is 22.3. The number of hydrogen-bond donors (Lipinski definition) is 15. The molecule has 15 N–H and O–H groups in total. The fourth-order valence-electron chi connectivity index (χ4n) is 6.05. The Labute approximate surface area is 372 Å². The first-order valence-electron chi connectivity index (χ1n) is 19.6. The van der Waals surface area contributed by atoms with Gasteiger partial charge in [-0.15, -0.1) is 0 Å². The zero-order valence-corrected chi connectivity index (χ0v) is 37.6. The van der Waals surface area contributed by atoms with Crippen molar-refractivity contribution in [3.8, 4) is 0 Å². The van der Waals surface area contributed by atoms with Crippen molar-refractivity contribution in [1.29, 1.82) is 0 Å². The summed E-state index contributed by atoms with van der Waals surface area (Å²) in [7, 11) is 0. The van der Waals surface area contributed by atoms with Gasteiger partial charge >= 0.3 is 5.97 Å². The van der Waals surface area contributed by atoms with Crippen LogP contribution in [0.3, 0.4) is 0 Å². The Bertz CT molecular complexity index is 1490. The van der Waals surface area contributed by atoms with Crippen LogP contribution in [0.2, 0.25) is 0 Å². The molecule has 1 aliphatic rings. The number of nitrogens with zero attached hydrogens (tertiary/aromatic N) is 2. The summed E-state index contributed by atoms with van der Waals surface area (Å²) in [5.74, 6) is -7.24. The van der Waals surface area contributed by atoms with E-state index in [1.165, 1.54) is 4.90 Å². The standard InChI is InChI=1S/C35H64N12O9S4/c1-18(2)13-19(37)33(54)47-12-6-9-26(47)32(53)46-25(17-60)31(52)45-24(16-59)30(51)44-23(15-58)29(50)43-22(14-57)28(49)41-20(8-5-11-40-35(38)39)27(48)42-21(34(55)56)7-3-4-10-36/h18-26,57-60H,3-17,36-37H2,1-2H3,(H,41,49)(H,42,48)(H,43,50)(H,44,51)(H,45,52)(H,46,53)(H,55,56)(H4,38,39,40)/t19-,20-,21-,22-,23-,24-,25-,26-/m0/s1. The zero-order chi connectivity index (χ0) is 45.5. The molecule has 342 valence electrons. The van der Waals surface area contributed by atoms with Gasteiger partial charge in [0, 0.05) is 36.1 Å². The topological polar surface area (TPSA) is 349 Å². The third-order valence-corrected chi connectivity index (χ3v) is 10.7. The van der Waals surface area contributed by atoms with Gasteiger partial charge in [-0.25, -0.2) is 4.79 Å². The Balaban J connectivity index is 2.99. The average molecular weight is 925 g/mol. The van der Waals surface area contributed by atoms with E-state index >= 15 is 0 Å². The van der Waals surface area contributed by atoms with Gasteiger partial charge in [0.15, 0.2) is 5.96 Å². The van der Waals surface area contributed by atoms with Crippen molar-refractivity contribution in [2.45, 2.75) is 114 Å². The summed E-state index contributed by atoms with van der Waals surface area (Å²) in [6, 6.07) is -9.33. The fourth-order valence-corrected chi connectivity index (χ4v) is 7.08. The van der Waals surface area contributed by atoms with Gasteiger partial charge in [-0.05, 0) is 63.8 Å². The van der Waals surface area contributed by atoms with Crippen LogP contribution in [-0.2, 0) is 38.4 Å². The van der Waals surface area contributed by atoms with Crippen molar-refractivity contribution in [3.63, 3.8) is 0 Å². The first-order valence-corrected chi connectivity index (χ1v) is 22.2. The van der Waals surface area contributed by atoms with E-state index < -0.39 is 89.7 Å². The molecule has 21 nitrogen and oxygen atoms in total. The second-order valence-electron chi connectivity index (χ2n) is 14.6. The Morgan fingerprint density at radius 3 is 1.55 bits per heavy atom. The molecule has 0 spiro atoms. The number of guanidine groups is 1. The van der Waals surface area contributed by atoms with Gasteiger partial charge in [-0.2, -0.15) is 50.5 Å². The van der Waals surface area contributed by atoms with Crippen LogP contribution >= 0.6 is 50.5 Å². The highest BCUT2D eigenvalue weighted by molar-refractivity contribution is 7.80. The number of amides is 7. The first kappa shape index (κ1) is 54.4. The van der Waals surface area contributed by atoms with Crippen molar-refractivity contribution < 1.29 is 43.5 Å². The van der Waals surface area contributed by atoms with Gasteiger partial charge in [0.25, 0.3) is 0 Å². The lowest BCUT2D eigenvalue weighted by Gasteiger charge is -2.29. The number of carbonyl (C=O) groups excluding carboxylic acids is 7. The molecular formula is C35H64N12O9S4. The molecule has 0 radical (unpaired) electrons. The van der Waals surface area contributed by atoms with Crippen LogP contribution in [0.1, 0.15) is 65.2 Å². The molecule has 0 aromatic heterocycles. The smallest absolute Gasteiger partial charge is 0.326 e. The summed E-state index contributed by atoms with van der Waals surface area (Å²) in [5, 5.41) is 24.6. The molecule has 0 aliphatic carbocycles. The van der Waals surface area contributed by atoms with Gasteiger partial charge in [-0.1, -0.05) is 13.8 Å². The maximum absolute atomic E-state index is 13.4. The monoisotopic (exact) mass is 924 g/mol. The molecule has 0 bridgehead atoms. The SMILES string of the molecule is CC(C)C[C@H](N)C(=O)N1CCC[C@H]1C(=O)N[C@@H](CS)C(=O)N[C@@H](CS)C(=O)N[C@@H](CS)C(=O)N[C@@H](CS)C(=O)N[C@@H](CCCN=C(N)N)C(=O)N[C@@H](CCCCN)C(=O)O. The number of carboxylic acids is 1. The predicted octanol–water partition coefficient (Wildman–Crippen LogP) is -3.75. The highest BCUT2D eigenvalue weighted by atomic mass is 32.1. The minimum Gasteiger partial charge on any atom is -0.480 e. The molecule has 8 atom stereocenters. The minimum absolute atomic E-state index is 0.00745. The van der Waals surface area contributed by atoms with Gasteiger partial charge in [0.2, 0.25) is 41.4 Å². The fraction of sp³-hybridized carbons (Fsp3) is 0.743. The van der Waals surface area contributed by atoms with Crippen LogP contribution < -0.4 is 54.8 Å². The average Bonchev–Trinajstić information content (AvgIpc) is 3.70. The van der Waals surface area contributed by atoms with Crippen molar-refractivity contribution in [2.75, 3.05) is 42.6 Å². The maximum atomic E-state index is 13.4. The lowest BCUT2D eigenvalue weighted by Crippen LogP contribution is -2.61. The Hall–Kier alpha value is -3.65. The number of likely N-dealkylation sites (tertiary alicyclic amines) is 1. The minimum atomic E-state index is -1.34. The Kier molecular flexibility index (Phi) is 26.1. The third kappa shape index (κ3) is 19.0. The van der Waals surface area contributed by atoms with Crippen LogP contribution in [-0.4, -0.2) is 154 Å².